The predicted octanol–water partition coefficient (Wildman–Crippen LogP) is -0.0302. The molecule has 1 amide bonds. The van der Waals surface area contributed by atoms with Crippen LogP contribution < -0.4 is 16.4 Å². The molecular weight excluding hydrogens is 232 g/mol. The van der Waals surface area contributed by atoms with Crippen molar-refractivity contribution in [3.63, 3.8) is 0 Å². The van der Waals surface area contributed by atoms with E-state index in [0.717, 1.165) is 13.0 Å². The summed E-state index contributed by atoms with van der Waals surface area (Å²) in [5, 5.41) is 9.89. The van der Waals surface area contributed by atoms with Crippen LogP contribution in [0.4, 0.5) is 11.5 Å². The molecule has 5 N–H and O–H groups in total. The highest BCUT2D eigenvalue weighted by atomic mass is 16.3. The summed E-state index contributed by atoms with van der Waals surface area (Å²) >= 11 is 0. The third-order valence-electron chi connectivity index (χ3n) is 3.43. The van der Waals surface area contributed by atoms with Crippen molar-refractivity contribution >= 4 is 17.4 Å². The van der Waals surface area contributed by atoms with Gasteiger partial charge < -0.3 is 21.5 Å². The number of aliphatic hydroxyl groups is 1. The van der Waals surface area contributed by atoms with Crippen LogP contribution in [-0.2, 0) is 0 Å². The Morgan fingerprint density at radius 1 is 1.61 bits per heavy atom. The zero-order valence-corrected chi connectivity index (χ0v) is 10.3. The third-order valence-corrected chi connectivity index (χ3v) is 3.43. The number of primary amides is 1. The highest BCUT2D eigenvalue weighted by Gasteiger charge is 2.26. The van der Waals surface area contributed by atoms with Gasteiger partial charge in [-0.05, 0) is 18.4 Å². The van der Waals surface area contributed by atoms with Crippen molar-refractivity contribution in [2.45, 2.75) is 19.4 Å². The van der Waals surface area contributed by atoms with E-state index in [9.17, 15) is 9.90 Å². The van der Waals surface area contributed by atoms with Gasteiger partial charge in [-0.1, -0.05) is 6.92 Å². The molecule has 0 bridgehead atoms. The Bertz CT molecular complexity index is 463. The predicted molar refractivity (Wildman–Crippen MR) is 69.2 cm³/mol. The summed E-state index contributed by atoms with van der Waals surface area (Å²) in [7, 11) is 0. The zero-order valence-electron chi connectivity index (χ0n) is 10.3. The normalized spacial score (nSPS) is 24.0. The molecule has 0 spiro atoms. The highest BCUT2D eigenvalue weighted by molar-refractivity contribution is 5.99. The molecule has 1 saturated heterocycles. The SMILES string of the molecule is CC1CCN(c2cnc(N)cc2C(N)=O)CC1O. The molecule has 0 radical (unpaired) electrons. The summed E-state index contributed by atoms with van der Waals surface area (Å²) in [5.41, 5.74) is 11.9. The first kappa shape index (κ1) is 12.6. The minimum atomic E-state index is -0.535. The molecule has 1 aliphatic heterocycles. The van der Waals surface area contributed by atoms with Crippen LogP contribution >= 0.6 is 0 Å². The Balaban J connectivity index is 2.30. The molecule has 2 unspecified atom stereocenters. The quantitative estimate of drug-likeness (QED) is 0.683. The fraction of sp³-hybridized carbons (Fsp3) is 0.500. The number of carbonyl (C=O) groups excluding carboxylic acids is 1. The number of carbonyl (C=O) groups is 1. The number of hydrogen-bond donors (Lipinski definition) is 3. The monoisotopic (exact) mass is 250 g/mol. The largest absolute Gasteiger partial charge is 0.391 e. The maximum Gasteiger partial charge on any atom is 0.251 e. The summed E-state index contributed by atoms with van der Waals surface area (Å²) in [4.78, 5) is 17.3. The van der Waals surface area contributed by atoms with E-state index in [4.69, 9.17) is 11.5 Å². The summed E-state index contributed by atoms with van der Waals surface area (Å²) < 4.78 is 0. The van der Waals surface area contributed by atoms with Crippen molar-refractivity contribution in [2.75, 3.05) is 23.7 Å². The van der Waals surface area contributed by atoms with Crippen LogP contribution in [0.2, 0.25) is 0 Å². The van der Waals surface area contributed by atoms with Crippen LogP contribution in [0, 0.1) is 5.92 Å². The molecule has 0 aromatic carbocycles. The fourth-order valence-electron chi connectivity index (χ4n) is 2.18. The second kappa shape index (κ2) is 4.81. The van der Waals surface area contributed by atoms with Crippen molar-refractivity contribution in [3.05, 3.63) is 17.8 Å². The van der Waals surface area contributed by atoms with E-state index in [2.05, 4.69) is 4.98 Å². The molecule has 0 aliphatic carbocycles. The van der Waals surface area contributed by atoms with Crippen LogP contribution in [0.5, 0.6) is 0 Å². The molecule has 6 heteroatoms. The Labute approximate surface area is 106 Å². The number of aliphatic hydroxyl groups excluding tert-OH is 1. The Morgan fingerprint density at radius 2 is 2.33 bits per heavy atom. The lowest BCUT2D eigenvalue weighted by Crippen LogP contribution is -2.43. The molecule has 2 heterocycles. The lowest BCUT2D eigenvalue weighted by molar-refractivity contribution is 0.0987. The van der Waals surface area contributed by atoms with Crippen LogP contribution in [0.15, 0.2) is 12.3 Å². The van der Waals surface area contributed by atoms with Crippen molar-refractivity contribution in [1.29, 1.82) is 0 Å². The number of nitrogens with two attached hydrogens (primary N) is 2. The molecule has 6 nitrogen and oxygen atoms in total. The van der Waals surface area contributed by atoms with Gasteiger partial charge in [0.05, 0.1) is 23.6 Å². The van der Waals surface area contributed by atoms with Gasteiger partial charge in [0.15, 0.2) is 0 Å². The third kappa shape index (κ3) is 2.38. The molecular formula is C12H18N4O2. The van der Waals surface area contributed by atoms with Crippen molar-refractivity contribution < 1.29 is 9.90 Å². The van der Waals surface area contributed by atoms with E-state index in [1.165, 1.54) is 12.3 Å². The van der Waals surface area contributed by atoms with Crippen LogP contribution in [-0.4, -0.2) is 35.2 Å². The van der Waals surface area contributed by atoms with Gasteiger partial charge in [-0.15, -0.1) is 0 Å². The molecule has 1 fully saturated rings. The molecule has 1 aliphatic rings. The number of nitrogens with zero attached hydrogens (tertiary/aromatic N) is 2. The molecule has 18 heavy (non-hydrogen) atoms. The van der Waals surface area contributed by atoms with Gasteiger partial charge in [0.25, 0.3) is 5.91 Å². The first-order valence-electron chi connectivity index (χ1n) is 5.97. The van der Waals surface area contributed by atoms with E-state index in [0.29, 0.717) is 17.8 Å². The second-order valence-electron chi connectivity index (χ2n) is 4.77. The number of amides is 1. The average Bonchev–Trinajstić information content (AvgIpc) is 2.32. The molecule has 2 rings (SSSR count). The van der Waals surface area contributed by atoms with E-state index in [-0.39, 0.29) is 11.7 Å². The maximum atomic E-state index is 11.4. The summed E-state index contributed by atoms with van der Waals surface area (Å²) in [5.74, 6) is -0.00860. The van der Waals surface area contributed by atoms with Gasteiger partial charge in [-0.3, -0.25) is 4.79 Å². The number of hydrogen-bond acceptors (Lipinski definition) is 5. The minimum absolute atomic E-state index is 0.262. The second-order valence-corrected chi connectivity index (χ2v) is 4.77. The van der Waals surface area contributed by atoms with Gasteiger partial charge in [-0.2, -0.15) is 0 Å². The highest BCUT2D eigenvalue weighted by Crippen LogP contribution is 2.26. The fourth-order valence-corrected chi connectivity index (χ4v) is 2.18. The van der Waals surface area contributed by atoms with E-state index < -0.39 is 12.0 Å². The first-order valence-corrected chi connectivity index (χ1v) is 5.97. The number of piperidine rings is 1. The average molecular weight is 250 g/mol. The number of anilines is 2. The van der Waals surface area contributed by atoms with Crippen LogP contribution in [0.25, 0.3) is 0 Å². The lowest BCUT2D eigenvalue weighted by atomic mass is 9.95. The molecule has 0 saturated carbocycles. The van der Waals surface area contributed by atoms with Gasteiger partial charge in [0.2, 0.25) is 0 Å². The number of β-amino-alcohol motifs (C(OH)–C–C–N with tert-alkyl or cyclic N) is 1. The van der Waals surface area contributed by atoms with Gasteiger partial charge in [0, 0.05) is 13.1 Å². The maximum absolute atomic E-state index is 11.4. The first-order chi connectivity index (χ1) is 8.49. The molecule has 1 aromatic rings. The minimum Gasteiger partial charge on any atom is -0.391 e. The van der Waals surface area contributed by atoms with E-state index >= 15 is 0 Å². The Kier molecular flexibility index (Phi) is 3.38. The van der Waals surface area contributed by atoms with Gasteiger partial charge >= 0.3 is 0 Å². The number of nitrogen functional groups attached to an aromatic ring is 1. The van der Waals surface area contributed by atoms with E-state index in [1.807, 2.05) is 11.8 Å². The Hall–Kier alpha value is -1.82. The number of pyridine rings is 1. The van der Waals surface area contributed by atoms with Crippen molar-refractivity contribution in [3.8, 4) is 0 Å². The van der Waals surface area contributed by atoms with Crippen LogP contribution in [0.3, 0.4) is 0 Å². The topological polar surface area (TPSA) is 105 Å². The van der Waals surface area contributed by atoms with E-state index in [1.54, 1.807) is 0 Å². The standard InChI is InChI=1S/C12H18N4O2/c1-7-2-3-16(6-10(7)17)9-5-15-11(13)4-8(9)12(14)18/h4-5,7,10,17H,2-3,6H2,1H3,(H2,13,15)(H2,14,18). The number of aromatic nitrogens is 1. The zero-order chi connectivity index (χ0) is 13.3. The Morgan fingerprint density at radius 3 is 2.94 bits per heavy atom. The number of rotatable bonds is 2. The van der Waals surface area contributed by atoms with Gasteiger partial charge in [-0.25, -0.2) is 4.98 Å². The van der Waals surface area contributed by atoms with Crippen molar-refractivity contribution in [2.24, 2.45) is 11.7 Å². The summed E-state index contributed by atoms with van der Waals surface area (Å²) in [6.45, 7) is 3.26. The van der Waals surface area contributed by atoms with Gasteiger partial charge in [0.1, 0.15) is 5.82 Å². The molecule has 1 aromatic heterocycles. The molecule has 2 atom stereocenters. The molecule has 98 valence electrons. The lowest BCUT2D eigenvalue weighted by Gasteiger charge is -2.36. The smallest absolute Gasteiger partial charge is 0.251 e. The van der Waals surface area contributed by atoms with Crippen molar-refractivity contribution in [1.82, 2.24) is 4.98 Å². The summed E-state index contributed by atoms with van der Waals surface area (Å²) in [6.07, 6.45) is 2.00. The van der Waals surface area contributed by atoms with Crippen LogP contribution in [0.1, 0.15) is 23.7 Å². The summed E-state index contributed by atoms with van der Waals surface area (Å²) in [6, 6.07) is 1.47.